The standard InChI is InChI=1S/C13H13ClFNO4/c1-16(11-6-20-5-8(11)13(18)19)12(17)7-2-3-10(15)9(14)4-7/h2-4,8,11H,5-6H2,1H3,(H,18,19). The van der Waals surface area contributed by atoms with Crippen molar-refractivity contribution in [2.24, 2.45) is 5.92 Å². The number of aliphatic carboxylic acids is 1. The monoisotopic (exact) mass is 301 g/mol. The molecule has 1 aliphatic heterocycles. The van der Waals surface area contributed by atoms with Crippen molar-refractivity contribution >= 4 is 23.5 Å². The van der Waals surface area contributed by atoms with Crippen molar-refractivity contribution in [3.05, 3.63) is 34.6 Å². The molecule has 1 fully saturated rings. The average Bonchev–Trinajstić information content (AvgIpc) is 2.89. The molecule has 5 nitrogen and oxygen atoms in total. The van der Waals surface area contributed by atoms with Crippen LogP contribution in [0.4, 0.5) is 4.39 Å². The van der Waals surface area contributed by atoms with Crippen LogP contribution < -0.4 is 0 Å². The second-order valence-corrected chi connectivity index (χ2v) is 5.00. The van der Waals surface area contributed by atoms with Crippen LogP contribution in [0.25, 0.3) is 0 Å². The van der Waals surface area contributed by atoms with Gasteiger partial charge in [-0.2, -0.15) is 0 Å². The van der Waals surface area contributed by atoms with Crippen molar-refractivity contribution in [3.8, 4) is 0 Å². The first kappa shape index (κ1) is 14.7. The lowest BCUT2D eigenvalue weighted by Gasteiger charge is -2.26. The summed E-state index contributed by atoms with van der Waals surface area (Å²) in [5, 5.41) is 8.93. The number of carbonyl (C=O) groups excluding carboxylic acids is 1. The molecule has 0 bridgehead atoms. The SMILES string of the molecule is CN(C(=O)c1ccc(F)c(Cl)c1)C1COCC1C(=O)O. The molecule has 2 unspecified atom stereocenters. The predicted molar refractivity (Wildman–Crippen MR) is 69.2 cm³/mol. The molecule has 0 aliphatic carbocycles. The largest absolute Gasteiger partial charge is 0.481 e. The van der Waals surface area contributed by atoms with Crippen molar-refractivity contribution in [2.45, 2.75) is 6.04 Å². The van der Waals surface area contributed by atoms with E-state index in [0.29, 0.717) is 0 Å². The van der Waals surface area contributed by atoms with Gasteiger partial charge >= 0.3 is 5.97 Å². The molecule has 0 saturated carbocycles. The lowest BCUT2D eigenvalue weighted by Crippen LogP contribution is -2.44. The van der Waals surface area contributed by atoms with Crippen LogP contribution in [0.15, 0.2) is 18.2 Å². The molecule has 2 rings (SSSR count). The Balaban J connectivity index is 2.19. The van der Waals surface area contributed by atoms with Gasteiger partial charge in [-0.25, -0.2) is 4.39 Å². The number of likely N-dealkylation sites (N-methyl/N-ethyl adjacent to an activating group) is 1. The normalized spacial score (nSPS) is 21.8. The average molecular weight is 302 g/mol. The van der Waals surface area contributed by atoms with Gasteiger partial charge in [-0.1, -0.05) is 11.6 Å². The summed E-state index contributed by atoms with van der Waals surface area (Å²) in [6, 6.07) is 3.08. The molecule has 0 aromatic heterocycles. The number of hydrogen-bond donors (Lipinski definition) is 1. The van der Waals surface area contributed by atoms with Crippen LogP contribution in [0.3, 0.4) is 0 Å². The number of nitrogens with zero attached hydrogens (tertiary/aromatic N) is 1. The Hall–Kier alpha value is -1.66. The van der Waals surface area contributed by atoms with E-state index in [4.69, 9.17) is 21.4 Å². The van der Waals surface area contributed by atoms with Gasteiger partial charge in [0.05, 0.1) is 24.3 Å². The van der Waals surface area contributed by atoms with Gasteiger partial charge in [0.15, 0.2) is 0 Å². The highest BCUT2D eigenvalue weighted by atomic mass is 35.5. The molecule has 1 amide bonds. The van der Waals surface area contributed by atoms with Crippen LogP contribution in [0.2, 0.25) is 5.02 Å². The third-order valence-corrected chi connectivity index (χ3v) is 3.64. The molecule has 0 radical (unpaired) electrons. The number of benzene rings is 1. The van der Waals surface area contributed by atoms with Gasteiger partial charge in [0.1, 0.15) is 11.7 Å². The molecule has 1 aromatic carbocycles. The van der Waals surface area contributed by atoms with Gasteiger partial charge in [-0.15, -0.1) is 0 Å². The first-order valence-corrected chi connectivity index (χ1v) is 6.32. The molecule has 1 saturated heterocycles. The van der Waals surface area contributed by atoms with E-state index in [1.165, 1.54) is 24.1 Å². The minimum Gasteiger partial charge on any atom is -0.481 e. The fourth-order valence-corrected chi connectivity index (χ4v) is 2.32. The molecule has 1 N–H and O–H groups in total. The number of rotatable bonds is 3. The van der Waals surface area contributed by atoms with Gasteiger partial charge in [0, 0.05) is 12.6 Å². The quantitative estimate of drug-likeness (QED) is 0.922. The summed E-state index contributed by atoms with van der Waals surface area (Å²) in [7, 11) is 1.49. The summed E-state index contributed by atoms with van der Waals surface area (Å²) in [4.78, 5) is 24.6. The third kappa shape index (κ3) is 2.76. The van der Waals surface area contributed by atoms with Gasteiger partial charge in [0.25, 0.3) is 5.91 Å². The Kier molecular flexibility index (Phi) is 4.25. The van der Waals surface area contributed by atoms with Gasteiger partial charge < -0.3 is 14.7 Å². The molecule has 1 aliphatic rings. The zero-order valence-corrected chi connectivity index (χ0v) is 11.4. The van der Waals surface area contributed by atoms with E-state index in [9.17, 15) is 14.0 Å². The number of hydrogen-bond acceptors (Lipinski definition) is 3. The number of carbonyl (C=O) groups is 2. The molecule has 108 valence electrons. The van der Waals surface area contributed by atoms with Crippen LogP contribution in [-0.2, 0) is 9.53 Å². The zero-order chi connectivity index (χ0) is 14.9. The summed E-state index contributed by atoms with van der Waals surface area (Å²) in [5.74, 6) is -2.81. The van der Waals surface area contributed by atoms with E-state index in [-0.39, 0.29) is 23.8 Å². The van der Waals surface area contributed by atoms with Crippen molar-refractivity contribution in [1.29, 1.82) is 0 Å². The summed E-state index contributed by atoms with van der Waals surface area (Å²) in [6.07, 6.45) is 0. The van der Waals surface area contributed by atoms with Crippen molar-refractivity contribution in [3.63, 3.8) is 0 Å². The molecule has 0 spiro atoms. The molecule has 7 heteroatoms. The Morgan fingerprint density at radius 2 is 2.15 bits per heavy atom. The van der Waals surface area contributed by atoms with Crippen LogP contribution in [0.1, 0.15) is 10.4 Å². The minimum atomic E-state index is -1.01. The van der Waals surface area contributed by atoms with Gasteiger partial charge in [0.2, 0.25) is 0 Å². The number of carboxylic acid groups (broad SMARTS) is 1. The van der Waals surface area contributed by atoms with Crippen LogP contribution in [0.5, 0.6) is 0 Å². The predicted octanol–water partition coefficient (Wildman–Crippen LogP) is 1.65. The topological polar surface area (TPSA) is 66.8 Å². The maximum atomic E-state index is 13.1. The molecule has 20 heavy (non-hydrogen) atoms. The number of ether oxygens (including phenoxy) is 1. The fraction of sp³-hybridized carbons (Fsp3) is 0.385. The lowest BCUT2D eigenvalue weighted by atomic mass is 10.0. The molecular weight excluding hydrogens is 289 g/mol. The summed E-state index contributed by atoms with van der Waals surface area (Å²) in [5.41, 5.74) is 0.204. The number of halogens is 2. The zero-order valence-electron chi connectivity index (χ0n) is 10.7. The Labute approximate surface area is 119 Å². The number of carboxylic acids is 1. The Morgan fingerprint density at radius 3 is 2.75 bits per heavy atom. The van der Waals surface area contributed by atoms with Crippen molar-refractivity contribution in [1.82, 2.24) is 4.90 Å². The fourth-order valence-electron chi connectivity index (χ4n) is 2.14. The van der Waals surface area contributed by atoms with Crippen molar-refractivity contribution in [2.75, 3.05) is 20.3 Å². The number of amides is 1. The third-order valence-electron chi connectivity index (χ3n) is 3.35. The van der Waals surface area contributed by atoms with E-state index in [0.717, 1.165) is 6.07 Å². The van der Waals surface area contributed by atoms with Gasteiger partial charge in [-0.05, 0) is 18.2 Å². The summed E-state index contributed by atoms with van der Waals surface area (Å²) >= 11 is 5.64. The van der Waals surface area contributed by atoms with E-state index in [1.54, 1.807) is 0 Å². The highest BCUT2D eigenvalue weighted by Crippen LogP contribution is 2.22. The van der Waals surface area contributed by atoms with E-state index < -0.39 is 29.7 Å². The Bertz CT molecular complexity index is 551. The maximum Gasteiger partial charge on any atom is 0.311 e. The van der Waals surface area contributed by atoms with E-state index in [2.05, 4.69) is 0 Å². The minimum absolute atomic E-state index is 0.0712. The molecule has 1 heterocycles. The maximum absolute atomic E-state index is 13.1. The van der Waals surface area contributed by atoms with Crippen LogP contribution in [0, 0.1) is 11.7 Å². The highest BCUT2D eigenvalue weighted by molar-refractivity contribution is 6.31. The summed E-state index contributed by atoms with van der Waals surface area (Å²) < 4.78 is 18.2. The van der Waals surface area contributed by atoms with Crippen molar-refractivity contribution < 1.29 is 23.8 Å². The van der Waals surface area contributed by atoms with Crippen LogP contribution >= 0.6 is 11.6 Å². The highest BCUT2D eigenvalue weighted by Gasteiger charge is 2.38. The van der Waals surface area contributed by atoms with Gasteiger partial charge in [-0.3, -0.25) is 9.59 Å². The van der Waals surface area contributed by atoms with E-state index >= 15 is 0 Å². The second-order valence-electron chi connectivity index (χ2n) is 4.59. The molecular formula is C13H13ClFNO4. The second kappa shape index (κ2) is 5.76. The summed E-state index contributed by atoms with van der Waals surface area (Å²) in [6.45, 7) is 0.232. The smallest absolute Gasteiger partial charge is 0.311 e. The molecule has 1 aromatic rings. The van der Waals surface area contributed by atoms with E-state index in [1.807, 2.05) is 0 Å². The first-order chi connectivity index (χ1) is 9.41. The molecule has 2 atom stereocenters. The first-order valence-electron chi connectivity index (χ1n) is 5.94. The Morgan fingerprint density at radius 1 is 1.45 bits per heavy atom. The lowest BCUT2D eigenvalue weighted by molar-refractivity contribution is -0.142. The van der Waals surface area contributed by atoms with Crippen LogP contribution in [-0.4, -0.2) is 48.2 Å².